The fraction of sp³-hybridized carbons (Fsp3) is 0.333. The topological polar surface area (TPSA) is 30.5 Å². The molecule has 0 radical (unpaired) electrons. The molecule has 1 saturated heterocycles. The molecule has 0 bridgehead atoms. The van der Waals surface area contributed by atoms with Crippen molar-refractivity contribution in [3.8, 4) is 0 Å². The van der Waals surface area contributed by atoms with Crippen LogP contribution in [0.4, 0.5) is 18.9 Å². The molecule has 88 valence electrons. The Labute approximate surface area is 90.5 Å². The van der Waals surface area contributed by atoms with Crippen molar-refractivity contribution in [1.29, 1.82) is 0 Å². The van der Waals surface area contributed by atoms with E-state index in [1.165, 1.54) is 6.07 Å². The maximum atomic E-state index is 12.5. The lowest BCUT2D eigenvalue weighted by Crippen LogP contribution is -2.37. The van der Waals surface area contributed by atoms with Crippen molar-refractivity contribution in [3.05, 3.63) is 29.8 Å². The summed E-state index contributed by atoms with van der Waals surface area (Å²) in [5, 5.41) is 3.29. The van der Waals surface area contributed by atoms with Gasteiger partial charge in [-0.15, -0.1) is 0 Å². The van der Waals surface area contributed by atoms with Gasteiger partial charge in [0.2, 0.25) is 0 Å². The Bertz CT molecular complexity index is 379. The summed E-state index contributed by atoms with van der Waals surface area (Å²) in [4.78, 5) is 0. The SMILES string of the molecule is CN1CN(c2cccc(C(F)(F)F)c2)NN1. The number of nitrogens with one attached hydrogen (secondary N) is 2. The van der Waals surface area contributed by atoms with Crippen LogP contribution in [0, 0.1) is 0 Å². The van der Waals surface area contributed by atoms with Crippen LogP contribution in [0.2, 0.25) is 0 Å². The number of hydrogen-bond donors (Lipinski definition) is 2. The van der Waals surface area contributed by atoms with Gasteiger partial charge >= 0.3 is 6.18 Å². The molecule has 16 heavy (non-hydrogen) atoms. The Morgan fingerprint density at radius 3 is 2.56 bits per heavy atom. The lowest BCUT2D eigenvalue weighted by molar-refractivity contribution is -0.137. The van der Waals surface area contributed by atoms with E-state index >= 15 is 0 Å². The maximum absolute atomic E-state index is 12.5. The molecule has 0 saturated carbocycles. The minimum absolute atomic E-state index is 0.460. The highest BCUT2D eigenvalue weighted by Gasteiger charge is 2.31. The molecule has 2 N–H and O–H groups in total. The van der Waals surface area contributed by atoms with E-state index in [1.54, 1.807) is 23.1 Å². The zero-order valence-corrected chi connectivity index (χ0v) is 8.54. The molecule has 0 unspecified atom stereocenters. The maximum Gasteiger partial charge on any atom is 0.416 e. The van der Waals surface area contributed by atoms with Crippen LogP contribution in [0.1, 0.15) is 5.56 Å². The van der Waals surface area contributed by atoms with Crippen LogP contribution < -0.4 is 16.1 Å². The summed E-state index contributed by atoms with van der Waals surface area (Å²) in [7, 11) is 1.78. The second-order valence-corrected chi connectivity index (χ2v) is 3.54. The number of benzene rings is 1. The van der Waals surface area contributed by atoms with E-state index < -0.39 is 11.7 Å². The van der Waals surface area contributed by atoms with E-state index in [2.05, 4.69) is 11.1 Å². The van der Waals surface area contributed by atoms with Crippen LogP contribution in [-0.4, -0.2) is 18.7 Å². The molecule has 0 spiro atoms. The molecule has 1 heterocycles. The fourth-order valence-electron chi connectivity index (χ4n) is 1.42. The third-order valence-electron chi connectivity index (χ3n) is 2.21. The van der Waals surface area contributed by atoms with Crippen LogP contribution in [0.15, 0.2) is 24.3 Å². The van der Waals surface area contributed by atoms with E-state index in [0.717, 1.165) is 12.1 Å². The third-order valence-corrected chi connectivity index (χ3v) is 2.21. The Morgan fingerprint density at radius 1 is 1.25 bits per heavy atom. The molecule has 1 aliphatic rings. The van der Waals surface area contributed by atoms with Gasteiger partial charge in [-0.1, -0.05) is 6.07 Å². The first-order valence-corrected chi connectivity index (χ1v) is 4.64. The summed E-state index contributed by atoms with van der Waals surface area (Å²) in [5.41, 5.74) is 5.31. The predicted molar refractivity (Wildman–Crippen MR) is 52.8 cm³/mol. The Hall–Kier alpha value is -1.31. The minimum Gasteiger partial charge on any atom is -0.278 e. The zero-order valence-electron chi connectivity index (χ0n) is 8.54. The first-order chi connectivity index (χ1) is 7.47. The van der Waals surface area contributed by atoms with Gasteiger partial charge in [-0.05, 0) is 18.2 Å². The van der Waals surface area contributed by atoms with E-state index in [-0.39, 0.29) is 0 Å². The average Bonchev–Trinajstić information content (AvgIpc) is 2.64. The second kappa shape index (κ2) is 3.93. The van der Waals surface area contributed by atoms with Gasteiger partial charge in [-0.3, -0.25) is 5.01 Å². The van der Waals surface area contributed by atoms with Crippen molar-refractivity contribution >= 4 is 5.69 Å². The van der Waals surface area contributed by atoms with Gasteiger partial charge in [0.15, 0.2) is 0 Å². The number of hydrogen-bond acceptors (Lipinski definition) is 4. The largest absolute Gasteiger partial charge is 0.416 e. The Balaban J connectivity index is 2.23. The molecule has 2 rings (SSSR count). The van der Waals surface area contributed by atoms with Gasteiger partial charge in [0, 0.05) is 7.05 Å². The summed E-state index contributed by atoms with van der Waals surface area (Å²) in [5.74, 6) is 0. The summed E-state index contributed by atoms with van der Waals surface area (Å²) in [6.07, 6.45) is -4.31. The number of alkyl halides is 3. The fourth-order valence-corrected chi connectivity index (χ4v) is 1.42. The van der Waals surface area contributed by atoms with Crippen molar-refractivity contribution in [2.24, 2.45) is 0 Å². The van der Waals surface area contributed by atoms with Crippen molar-refractivity contribution < 1.29 is 13.2 Å². The molecule has 4 nitrogen and oxygen atoms in total. The monoisotopic (exact) mass is 232 g/mol. The first-order valence-electron chi connectivity index (χ1n) is 4.64. The molecule has 0 atom stereocenters. The summed E-state index contributed by atoms with van der Waals surface area (Å²) < 4.78 is 37.4. The van der Waals surface area contributed by atoms with E-state index in [9.17, 15) is 13.2 Å². The molecule has 1 aromatic carbocycles. The van der Waals surface area contributed by atoms with Gasteiger partial charge in [-0.2, -0.15) is 24.2 Å². The molecule has 1 aliphatic heterocycles. The lowest BCUT2D eigenvalue weighted by atomic mass is 10.2. The molecule has 1 fully saturated rings. The smallest absolute Gasteiger partial charge is 0.278 e. The Morgan fingerprint density at radius 2 is 2.00 bits per heavy atom. The normalized spacial score (nSPS) is 18.1. The van der Waals surface area contributed by atoms with Crippen LogP contribution in [0.5, 0.6) is 0 Å². The van der Waals surface area contributed by atoms with Crippen LogP contribution in [0.3, 0.4) is 0 Å². The highest BCUT2D eigenvalue weighted by molar-refractivity contribution is 5.48. The molecule has 0 aliphatic carbocycles. The van der Waals surface area contributed by atoms with E-state index in [4.69, 9.17) is 0 Å². The molecule has 0 aromatic heterocycles. The second-order valence-electron chi connectivity index (χ2n) is 3.54. The number of nitrogens with zero attached hydrogens (tertiary/aromatic N) is 2. The van der Waals surface area contributed by atoms with E-state index in [0.29, 0.717) is 12.4 Å². The average molecular weight is 232 g/mol. The van der Waals surface area contributed by atoms with Crippen molar-refractivity contribution in [2.75, 3.05) is 18.7 Å². The van der Waals surface area contributed by atoms with Gasteiger partial charge in [-0.25, -0.2) is 5.01 Å². The predicted octanol–water partition coefficient (Wildman–Crippen LogP) is 1.34. The molecule has 0 amide bonds. The number of hydrazine groups is 3. The third kappa shape index (κ3) is 2.26. The van der Waals surface area contributed by atoms with Crippen molar-refractivity contribution in [2.45, 2.75) is 6.18 Å². The lowest BCUT2D eigenvalue weighted by Gasteiger charge is -2.17. The first kappa shape index (κ1) is 11.2. The highest BCUT2D eigenvalue weighted by Crippen LogP contribution is 2.31. The standard InChI is InChI=1S/C9H11F3N4/c1-15-6-16(14-13-15)8-4-2-3-7(5-8)9(10,11)12/h2-5,13-14H,6H2,1H3. The molecular formula is C9H11F3N4. The quantitative estimate of drug-likeness (QED) is 0.765. The van der Waals surface area contributed by atoms with Crippen molar-refractivity contribution in [3.63, 3.8) is 0 Å². The van der Waals surface area contributed by atoms with E-state index in [1.807, 2.05) is 0 Å². The van der Waals surface area contributed by atoms with Crippen LogP contribution in [0.25, 0.3) is 0 Å². The number of anilines is 1. The minimum atomic E-state index is -4.31. The van der Waals surface area contributed by atoms with Gasteiger partial charge in [0.25, 0.3) is 0 Å². The van der Waals surface area contributed by atoms with Gasteiger partial charge in [0.05, 0.1) is 11.3 Å². The summed E-state index contributed by atoms with van der Waals surface area (Å²) in [6, 6.07) is 5.16. The highest BCUT2D eigenvalue weighted by atomic mass is 19.4. The molecule has 1 aromatic rings. The van der Waals surface area contributed by atoms with Crippen molar-refractivity contribution in [1.82, 2.24) is 16.1 Å². The number of halogens is 3. The van der Waals surface area contributed by atoms with Gasteiger partial charge < -0.3 is 0 Å². The Kier molecular flexibility index (Phi) is 2.75. The van der Waals surface area contributed by atoms with Crippen LogP contribution >= 0.6 is 0 Å². The summed E-state index contributed by atoms with van der Waals surface area (Å²) >= 11 is 0. The van der Waals surface area contributed by atoms with Crippen LogP contribution in [-0.2, 0) is 6.18 Å². The summed E-state index contributed by atoms with van der Waals surface area (Å²) in [6.45, 7) is 0.460. The molecular weight excluding hydrogens is 221 g/mol. The van der Waals surface area contributed by atoms with Gasteiger partial charge in [0.1, 0.15) is 6.67 Å². The number of rotatable bonds is 1. The zero-order chi connectivity index (χ0) is 11.8. The molecule has 7 heteroatoms.